The predicted octanol–water partition coefficient (Wildman–Crippen LogP) is -0.131. The van der Waals surface area contributed by atoms with Crippen LogP contribution in [0.2, 0.25) is 0 Å². The van der Waals surface area contributed by atoms with Crippen LogP contribution < -0.4 is 5.32 Å². The molecule has 0 aromatic heterocycles. The van der Waals surface area contributed by atoms with E-state index in [1.165, 1.54) is 14.1 Å². The molecule has 1 unspecified atom stereocenters. The summed E-state index contributed by atoms with van der Waals surface area (Å²) in [6.07, 6.45) is 0. The number of alkyl halides is 1. The first kappa shape index (κ1) is 14.7. The van der Waals surface area contributed by atoms with E-state index in [1.54, 1.807) is 6.92 Å². The summed E-state index contributed by atoms with van der Waals surface area (Å²) in [5.74, 6) is -0.597. The first-order valence-electron chi connectivity index (χ1n) is 4.56. The van der Waals surface area contributed by atoms with Gasteiger partial charge in [-0.15, -0.1) is 11.6 Å². The maximum absolute atomic E-state index is 11.5. The van der Waals surface area contributed by atoms with Gasteiger partial charge in [0.25, 0.3) is 0 Å². The molecule has 0 bridgehead atoms. The second kappa shape index (κ2) is 6.30. The van der Waals surface area contributed by atoms with Crippen molar-refractivity contribution in [3.63, 3.8) is 0 Å². The van der Waals surface area contributed by atoms with Crippen LogP contribution in [0.15, 0.2) is 0 Å². The molecule has 90 valence electrons. The predicted molar refractivity (Wildman–Crippen MR) is 60.4 cm³/mol. The number of rotatable bonds is 6. The Kier molecular flexibility index (Phi) is 6.16. The van der Waals surface area contributed by atoms with Gasteiger partial charge in [0, 0.05) is 32.4 Å². The fourth-order valence-electron chi connectivity index (χ4n) is 1.08. The van der Waals surface area contributed by atoms with Crippen LogP contribution in [0.4, 0.5) is 0 Å². The quantitative estimate of drug-likeness (QED) is 0.674. The van der Waals surface area contributed by atoms with Gasteiger partial charge in [-0.3, -0.25) is 4.79 Å². The van der Waals surface area contributed by atoms with Gasteiger partial charge in [0.1, 0.15) is 0 Å². The van der Waals surface area contributed by atoms with Gasteiger partial charge in [-0.25, -0.2) is 12.7 Å². The average molecular weight is 257 g/mol. The lowest BCUT2D eigenvalue weighted by molar-refractivity contribution is -0.124. The number of nitrogens with zero attached hydrogens (tertiary/aromatic N) is 1. The first-order valence-corrected chi connectivity index (χ1v) is 6.71. The van der Waals surface area contributed by atoms with Gasteiger partial charge in [0.15, 0.2) is 0 Å². The summed E-state index contributed by atoms with van der Waals surface area (Å²) in [5.41, 5.74) is 0. The highest BCUT2D eigenvalue weighted by Crippen LogP contribution is 2.04. The van der Waals surface area contributed by atoms with Gasteiger partial charge in [-0.05, 0) is 0 Å². The lowest BCUT2D eigenvalue weighted by Crippen LogP contribution is -2.38. The summed E-state index contributed by atoms with van der Waals surface area (Å²) in [5, 5.41) is 2.47. The highest BCUT2D eigenvalue weighted by Gasteiger charge is 2.21. The van der Waals surface area contributed by atoms with Gasteiger partial charge in [0.2, 0.25) is 15.9 Å². The second-order valence-electron chi connectivity index (χ2n) is 3.30. The van der Waals surface area contributed by atoms with Crippen LogP contribution in [-0.2, 0) is 14.8 Å². The Morgan fingerprint density at radius 2 is 2.07 bits per heavy atom. The number of hydrogen-bond donors (Lipinski definition) is 1. The summed E-state index contributed by atoms with van der Waals surface area (Å²) in [7, 11) is -0.360. The van der Waals surface area contributed by atoms with E-state index in [-0.39, 0.29) is 30.0 Å². The third-order valence-electron chi connectivity index (χ3n) is 2.03. The molecule has 0 aromatic carbocycles. The molecule has 1 N–H and O–H groups in total. The smallest absolute Gasteiger partial charge is 0.223 e. The van der Waals surface area contributed by atoms with Crippen molar-refractivity contribution in [2.75, 3.05) is 32.3 Å². The molecule has 0 radical (unpaired) electrons. The average Bonchev–Trinajstić information content (AvgIpc) is 2.16. The number of sulfonamides is 1. The molecule has 15 heavy (non-hydrogen) atoms. The molecule has 0 fully saturated rings. The third-order valence-corrected chi connectivity index (χ3v) is 4.27. The molecule has 5 nitrogen and oxygen atoms in total. The van der Waals surface area contributed by atoms with Crippen LogP contribution in [0.3, 0.4) is 0 Å². The molecule has 0 aromatic rings. The minimum absolute atomic E-state index is 0.0566. The van der Waals surface area contributed by atoms with Crippen molar-refractivity contribution in [2.45, 2.75) is 6.92 Å². The Morgan fingerprint density at radius 1 is 1.53 bits per heavy atom. The number of halogens is 1. The number of carbonyl (C=O) groups excluding carboxylic acids is 1. The number of hydrogen-bond acceptors (Lipinski definition) is 3. The topological polar surface area (TPSA) is 66.5 Å². The van der Waals surface area contributed by atoms with Crippen molar-refractivity contribution in [3.05, 3.63) is 0 Å². The van der Waals surface area contributed by atoms with E-state index in [1.807, 2.05) is 0 Å². The van der Waals surface area contributed by atoms with Gasteiger partial charge in [-0.1, -0.05) is 6.92 Å². The Morgan fingerprint density at radius 3 is 2.47 bits per heavy atom. The van der Waals surface area contributed by atoms with Gasteiger partial charge < -0.3 is 5.32 Å². The number of nitrogens with one attached hydrogen (secondary N) is 1. The fourth-order valence-corrected chi connectivity index (χ4v) is 2.62. The molecular weight excluding hydrogens is 240 g/mol. The van der Waals surface area contributed by atoms with E-state index < -0.39 is 10.0 Å². The molecule has 1 amide bonds. The Labute approximate surface area is 95.8 Å². The molecule has 7 heteroatoms. The molecule has 0 heterocycles. The van der Waals surface area contributed by atoms with Gasteiger partial charge >= 0.3 is 0 Å². The van der Waals surface area contributed by atoms with Crippen molar-refractivity contribution in [3.8, 4) is 0 Å². The lowest BCUT2D eigenvalue weighted by atomic mass is 10.2. The largest absolute Gasteiger partial charge is 0.359 e. The van der Waals surface area contributed by atoms with Crippen molar-refractivity contribution < 1.29 is 13.2 Å². The zero-order valence-corrected chi connectivity index (χ0v) is 10.7. The standard InChI is InChI=1S/C8H17ClN2O3S/c1-7(8(12)10-2)6-11(3)15(13,14)5-4-9/h7H,4-6H2,1-3H3,(H,10,12). The molecule has 1 atom stereocenters. The summed E-state index contributed by atoms with van der Waals surface area (Å²) >= 11 is 5.37. The Hall–Kier alpha value is -0.330. The zero-order chi connectivity index (χ0) is 12.1. The van der Waals surface area contributed by atoms with Gasteiger partial charge in [0.05, 0.1) is 5.75 Å². The maximum Gasteiger partial charge on any atom is 0.223 e. The molecular formula is C8H17ClN2O3S. The van der Waals surface area contributed by atoms with Crippen LogP contribution >= 0.6 is 11.6 Å². The summed E-state index contributed by atoms with van der Waals surface area (Å²) in [6.45, 7) is 1.84. The SMILES string of the molecule is CNC(=O)C(C)CN(C)S(=O)(=O)CCCl. The van der Waals surface area contributed by atoms with Crippen molar-refractivity contribution in [1.29, 1.82) is 0 Å². The minimum atomic E-state index is -3.33. The van der Waals surface area contributed by atoms with E-state index in [0.29, 0.717) is 0 Å². The monoisotopic (exact) mass is 256 g/mol. The van der Waals surface area contributed by atoms with Gasteiger partial charge in [-0.2, -0.15) is 0 Å². The minimum Gasteiger partial charge on any atom is -0.359 e. The van der Waals surface area contributed by atoms with E-state index in [9.17, 15) is 13.2 Å². The summed E-state index contributed by atoms with van der Waals surface area (Å²) < 4.78 is 24.1. The van der Waals surface area contributed by atoms with Crippen molar-refractivity contribution in [2.24, 2.45) is 5.92 Å². The van der Waals surface area contributed by atoms with E-state index in [2.05, 4.69) is 5.32 Å². The van der Waals surface area contributed by atoms with Crippen LogP contribution in [0.1, 0.15) is 6.92 Å². The first-order chi connectivity index (χ1) is 6.85. The van der Waals surface area contributed by atoms with Crippen LogP contribution in [-0.4, -0.2) is 50.9 Å². The fraction of sp³-hybridized carbons (Fsp3) is 0.875. The van der Waals surface area contributed by atoms with Crippen LogP contribution in [0.25, 0.3) is 0 Å². The van der Waals surface area contributed by atoms with E-state index in [4.69, 9.17) is 11.6 Å². The number of carbonyl (C=O) groups is 1. The Balaban J connectivity index is 4.36. The van der Waals surface area contributed by atoms with Crippen molar-refractivity contribution in [1.82, 2.24) is 9.62 Å². The third kappa shape index (κ3) is 4.81. The van der Waals surface area contributed by atoms with Crippen molar-refractivity contribution >= 4 is 27.5 Å². The van der Waals surface area contributed by atoms with Crippen LogP contribution in [0, 0.1) is 5.92 Å². The molecule has 0 saturated carbocycles. The molecule has 0 rings (SSSR count). The zero-order valence-electron chi connectivity index (χ0n) is 9.16. The lowest BCUT2D eigenvalue weighted by Gasteiger charge is -2.19. The van der Waals surface area contributed by atoms with Crippen LogP contribution in [0.5, 0.6) is 0 Å². The Bertz CT molecular complexity index is 305. The molecule has 0 aliphatic carbocycles. The second-order valence-corrected chi connectivity index (χ2v) is 5.87. The highest BCUT2D eigenvalue weighted by molar-refractivity contribution is 7.89. The van der Waals surface area contributed by atoms with E-state index >= 15 is 0 Å². The summed E-state index contributed by atoms with van der Waals surface area (Å²) in [6, 6.07) is 0. The molecule has 0 aliphatic heterocycles. The normalized spacial score (nSPS) is 13.9. The number of amides is 1. The molecule has 0 spiro atoms. The summed E-state index contributed by atoms with van der Waals surface area (Å²) in [4.78, 5) is 11.2. The maximum atomic E-state index is 11.5. The van der Waals surface area contributed by atoms with E-state index in [0.717, 1.165) is 4.31 Å². The molecule has 0 aliphatic rings. The molecule has 0 saturated heterocycles. The highest BCUT2D eigenvalue weighted by atomic mass is 35.5.